The summed E-state index contributed by atoms with van der Waals surface area (Å²) in [6.45, 7) is 2.81. The lowest BCUT2D eigenvalue weighted by molar-refractivity contribution is -0.141. The predicted molar refractivity (Wildman–Crippen MR) is 166 cm³/mol. The van der Waals surface area contributed by atoms with E-state index in [0.29, 0.717) is 24.4 Å². The topological polar surface area (TPSA) is 96.0 Å². The lowest BCUT2D eigenvalue weighted by atomic mass is 10.0. The van der Waals surface area contributed by atoms with Gasteiger partial charge in [0, 0.05) is 36.9 Å². The number of methoxy groups -OCH3 is 1. The molecule has 0 bridgehead atoms. The second-order valence-corrected chi connectivity index (χ2v) is 12.6. The van der Waals surface area contributed by atoms with E-state index in [2.05, 4.69) is 21.2 Å². The third kappa shape index (κ3) is 9.60. The molecular weight excluding hydrogens is 606 g/mol. The number of anilines is 1. The number of benzene rings is 3. The van der Waals surface area contributed by atoms with Gasteiger partial charge in [0.1, 0.15) is 11.8 Å². The molecule has 0 heterocycles. The quantitative estimate of drug-likeness (QED) is 0.247. The van der Waals surface area contributed by atoms with Gasteiger partial charge in [-0.25, -0.2) is 8.42 Å². The average Bonchev–Trinajstić information content (AvgIpc) is 2.96. The number of para-hydroxylation sites is 2. The van der Waals surface area contributed by atoms with Crippen molar-refractivity contribution in [3.05, 3.63) is 94.5 Å². The SMILES string of the molecule is CCCNC(=O)C(Cc1ccccc1)N(Cc1ccc(Br)cc1)C(=O)CCCN(c1ccccc1OC)S(C)(=O)=O. The number of ether oxygens (including phenoxy) is 1. The molecule has 0 aliphatic carbocycles. The van der Waals surface area contributed by atoms with E-state index in [0.717, 1.165) is 28.3 Å². The first kappa shape index (κ1) is 32.1. The van der Waals surface area contributed by atoms with Crippen molar-refractivity contribution in [2.45, 2.75) is 45.2 Å². The monoisotopic (exact) mass is 643 g/mol. The number of carbonyl (C=O) groups is 2. The van der Waals surface area contributed by atoms with Crippen LogP contribution in [0.25, 0.3) is 0 Å². The Balaban J connectivity index is 1.88. The summed E-state index contributed by atoms with van der Waals surface area (Å²) in [6, 6.07) is 23.4. The molecule has 0 spiro atoms. The molecule has 41 heavy (non-hydrogen) atoms. The van der Waals surface area contributed by atoms with Gasteiger partial charge in [0.25, 0.3) is 0 Å². The van der Waals surface area contributed by atoms with E-state index in [1.165, 1.54) is 11.4 Å². The highest BCUT2D eigenvalue weighted by Gasteiger charge is 2.30. The Labute approximate surface area is 251 Å². The van der Waals surface area contributed by atoms with Crippen LogP contribution >= 0.6 is 15.9 Å². The fourth-order valence-corrected chi connectivity index (χ4v) is 5.76. The Morgan fingerprint density at radius 3 is 2.24 bits per heavy atom. The van der Waals surface area contributed by atoms with E-state index in [9.17, 15) is 18.0 Å². The molecule has 3 aromatic rings. The fraction of sp³-hybridized carbons (Fsp3) is 0.355. The normalized spacial score (nSPS) is 11.9. The van der Waals surface area contributed by atoms with E-state index >= 15 is 0 Å². The second-order valence-electron chi connectivity index (χ2n) is 9.76. The molecule has 0 aliphatic rings. The van der Waals surface area contributed by atoms with Crippen molar-refractivity contribution in [3.8, 4) is 5.75 Å². The van der Waals surface area contributed by atoms with Gasteiger partial charge < -0.3 is 15.0 Å². The number of nitrogens with one attached hydrogen (secondary N) is 1. The number of hydrogen-bond donors (Lipinski definition) is 1. The van der Waals surface area contributed by atoms with E-state index < -0.39 is 16.1 Å². The molecule has 3 aromatic carbocycles. The minimum Gasteiger partial charge on any atom is -0.495 e. The summed E-state index contributed by atoms with van der Waals surface area (Å²) in [5.41, 5.74) is 2.24. The zero-order valence-corrected chi connectivity index (χ0v) is 26.2. The predicted octanol–water partition coefficient (Wildman–Crippen LogP) is 5.17. The lowest BCUT2D eigenvalue weighted by Crippen LogP contribution is -2.50. The molecule has 220 valence electrons. The van der Waals surface area contributed by atoms with Gasteiger partial charge >= 0.3 is 0 Å². The van der Waals surface area contributed by atoms with E-state index in [1.54, 1.807) is 29.2 Å². The first-order valence-corrected chi connectivity index (χ1v) is 16.2. The largest absolute Gasteiger partial charge is 0.495 e. The Morgan fingerprint density at radius 1 is 0.951 bits per heavy atom. The van der Waals surface area contributed by atoms with E-state index in [-0.39, 0.29) is 37.7 Å². The molecule has 1 N–H and O–H groups in total. The summed E-state index contributed by atoms with van der Waals surface area (Å²) >= 11 is 3.45. The Kier molecular flexibility index (Phi) is 12.2. The summed E-state index contributed by atoms with van der Waals surface area (Å²) in [6.07, 6.45) is 2.58. The van der Waals surface area contributed by atoms with Crippen LogP contribution in [0.5, 0.6) is 5.75 Å². The highest BCUT2D eigenvalue weighted by Crippen LogP contribution is 2.30. The van der Waals surface area contributed by atoms with Crippen LogP contribution in [0.3, 0.4) is 0 Å². The summed E-state index contributed by atoms with van der Waals surface area (Å²) in [5, 5.41) is 2.97. The summed E-state index contributed by atoms with van der Waals surface area (Å²) in [5.74, 6) is -0.0152. The van der Waals surface area contributed by atoms with Crippen molar-refractivity contribution in [3.63, 3.8) is 0 Å². The van der Waals surface area contributed by atoms with Crippen molar-refractivity contribution in [1.82, 2.24) is 10.2 Å². The van der Waals surface area contributed by atoms with Gasteiger partial charge in [-0.05, 0) is 48.2 Å². The smallest absolute Gasteiger partial charge is 0.243 e. The number of amides is 2. The molecule has 3 rings (SSSR count). The van der Waals surface area contributed by atoms with Crippen LogP contribution in [0.2, 0.25) is 0 Å². The van der Waals surface area contributed by atoms with Gasteiger partial charge in [0.2, 0.25) is 21.8 Å². The standard InChI is InChI=1S/C31H38BrN3O5S/c1-4-20-33-31(37)28(22-24-11-6-5-7-12-24)34(23-25-16-18-26(32)19-17-25)30(36)15-10-21-35(41(3,38)39)27-13-8-9-14-29(27)40-2/h5-9,11-14,16-19,28H,4,10,15,20-23H2,1-3H3,(H,33,37). The molecule has 1 unspecified atom stereocenters. The summed E-state index contributed by atoms with van der Waals surface area (Å²) in [7, 11) is -2.16. The van der Waals surface area contributed by atoms with Crippen molar-refractivity contribution in [1.29, 1.82) is 0 Å². The molecular formula is C31H38BrN3O5S. The highest BCUT2D eigenvalue weighted by atomic mass is 79.9. The first-order chi connectivity index (χ1) is 19.6. The van der Waals surface area contributed by atoms with Gasteiger partial charge in [0.15, 0.2) is 0 Å². The third-order valence-electron chi connectivity index (χ3n) is 6.59. The number of hydrogen-bond acceptors (Lipinski definition) is 5. The zero-order valence-electron chi connectivity index (χ0n) is 23.8. The molecule has 0 fully saturated rings. The Hall–Kier alpha value is -3.37. The number of halogens is 1. The van der Waals surface area contributed by atoms with E-state index in [4.69, 9.17) is 4.74 Å². The third-order valence-corrected chi connectivity index (χ3v) is 8.30. The van der Waals surface area contributed by atoms with Gasteiger partial charge in [-0.2, -0.15) is 0 Å². The maximum absolute atomic E-state index is 13.9. The molecule has 0 radical (unpaired) electrons. The van der Waals surface area contributed by atoms with Crippen LogP contribution in [0.1, 0.15) is 37.3 Å². The highest BCUT2D eigenvalue weighted by molar-refractivity contribution is 9.10. The van der Waals surface area contributed by atoms with Gasteiger partial charge in [-0.3, -0.25) is 13.9 Å². The van der Waals surface area contributed by atoms with Crippen LogP contribution in [-0.4, -0.2) is 57.6 Å². The molecule has 0 aliphatic heterocycles. The Bertz CT molecular complexity index is 1380. The van der Waals surface area contributed by atoms with Crippen molar-refractivity contribution >= 4 is 43.5 Å². The number of rotatable bonds is 15. The van der Waals surface area contributed by atoms with Crippen LogP contribution in [0.15, 0.2) is 83.3 Å². The van der Waals surface area contributed by atoms with Crippen LogP contribution in [-0.2, 0) is 32.6 Å². The average molecular weight is 645 g/mol. The van der Waals surface area contributed by atoms with E-state index in [1.807, 2.05) is 61.5 Å². The zero-order chi connectivity index (χ0) is 29.8. The number of carbonyl (C=O) groups excluding carboxylic acids is 2. The molecule has 0 saturated carbocycles. The number of nitrogens with zero attached hydrogens (tertiary/aromatic N) is 2. The van der Waals surface area contributed by atoms with Crippen LogP contribution in [0, 0.1) is 0 Å². The molecule has 1 atom stereocenters. The minimum absolute atomic E-state index is 0.0596. The van der Waals surface area contributed by atoms with Gasteiger partial charge in [0.05, 0.1) is 19.1 Å². The molecule has 0 aromatic heterocycles. The molecule has 10 heteroatoms. The van der Waals surface area contributed by atoms with Crippen LogP contribution < -0.4 is 14.4 Å². The fourth-order valence-electron chi connectivity index (χ4n) is 4.52. The summed E-state index contributed by atoms with van der Waals surface area (Å²) in [4.78, 5) is 28.9. The van der Waals surface area contributed by atoms with Crippen molar-refractivity contribution in [2.75, 3.05) is 30.8 Å². The molecule has 0 saturated heterocycles. The molecule has 8 nitrogen and oxygen atoms in total. The maximum atomic E-state index is 13.9. The second kappa shape index (κ2) is 15.6. The van der Waals surface area contributed by atoms with Gasteiger partial charge in [-0.15, -0.1) is 0 Å². The van der Waals surface area contributed by atoms with Crippen molar-refractivity contribution < 1.29 is 22.7 Å². The lowest BCUT2D eigenvalue weighted by Gasteiger charge is -2.32. The minimum atomic E-state index is -3.64. The Morgan fingerprint density at radius 2 is 1.61 bits per heavy atom. The van der Waals surface area contributed by atoms with Crippen LogP contribution in [0.4, 0.5) is 5.69 Å². The van der Waals surface area contributed by atoms with Crippen molar-refractivity contribution in [2.24, 2.45) is 0 Å². The maximum Gasteiger partial charge on any atom is 0.243 e. The summed E-state index contributed by atoms with van der Waals surface area (Å²) < 4.78 is 32.9. The number of sulfonamides is 1. The first-order valence-electron chi connectivity index (χ1n) is 13.6. The van der Waals surface area contributed by atoms with Gasteiger partial charge in [-0.1, -0.05) is 77.5 Å². The molecule has 2 amide bonds.